The first-order chi connectivity index (χ1) is 20.3. The zero-order valence-electron chi connectivity index (χ0n) is 24.5. The standard InChI is InChI=1S/C30H38N6O7/c1-30(2,3)43-29(42)34-15-24(38)32-16-25(39)36-22(14-18-8-5-4-6-9-18)28(41)33-17-26(40)35-21-13-12-20(31)27-19(21)10-7-11-23(27)37/h4-6,8-9,12-13,22H,7,10-11,14-17,31H2,1-3H3,(H,32,38)(H,33,41)(H,34,42)(H,35,40)(H,36,39)/t22-/m0/s1. The molecule has 1 aliphatic rings. The third-order valence-electron chi connectivity index (χ3n) is 6.32. The Labute approximate surface area is 249 Å². The minimum absolute atomic E-state index is 0.0712. The number of carbonyl (C=O) groups excluding carboxylic acids is 6. The van der Waals surface area contributed by atoms with Gasteiger partial charge in [0.15, 0.2) is 5.78 Å². The molecule has 13 heteroatoms. The van der Waals surface area contributed by atoms with Crippen LogP contribution < -0.4 is 32.3 Å². The number of fused-ring (bicyclic) bond motifs is 1. The van der Waals surface area contributed by atoms with Gasteiger partial charge in [-0.05, 0) is 56.9 Å². The Hall–Kier alpha value is -4.94. The van der Waals surface area contributed by atoms with Gasteiger partial charge in [-0.25, -0.2) is 4.79 Å². The van der Waals surface area contributed by atoms with Gasteiger partial charge < -0.3 is 37.1 Å². The van der Waals surface area contributed by atoms with Crippen molar-refractivity contribution in [3.8, 4) is 0 Å². The topological polar surface area (TPSA) is 198 Å². The summed E-state index contributed by atoms with van der Waals surface area (Å²) in [6.07, 6.45) is 0.984. The molecule has 0 unspecified atom stereocenters. The maximum absolute atomic E-state index is 13.1. The number of rotatable bonds is 11. The van der Waals surface area contributed by atoms with Crippen LogP contribution in [0.25, 0.3) is 0 Å². The summed E-state index contributed by atoms with van der Waals surface area (Å²) in [7, 11) is 0. The van der Waals surface area contributed by atoms with Crippen LogP contribution >= 0.6 is 0 Å². The van der Waals surface area contributed by atoms with Gasteiger partial charge in [0.1, 0.15) is 18.2 Å². The Balaban J connectivity index is 1.55. The number of ether oxygens (including phenoxy) is 1. The lowest BCUT2D eigenvalue weighted by Crippen LogP contribution is -2.52. The van der Waals surface area contributed by atoms with Crippen molar-refractivity contribution in [2.45, 2.75) is 58.1 Å². The molecule has 13 nitrogen and oxygen atoms in total. The lowest BCUT2D eigenvalue weighted by Gasteiger charge is -2.21. The molecule has 0 saturated carbocycles. The molecule has 3 rings (SSSR count). The van der Waals surface area contributed by atoms with Gasteiger partial charge in [0, 0.05) is 29.8 Å². The van der Waals surface area contributed by atoms with E-state index >= 15 is 0 Å². The van der Waals surface area contributed by atoms with E-state index in [2.05, 4.69) is 26.6 Å². The number of carbonyl (C=O) groups is 6. The molecular formula is C30H38N6O7. The van der Waals surface area contributed by atoms with Gasteiger partial charge in [0.2, 0.25) is 23.6 Å². The molecule has 0 radical (unpaired) electrons. The van der Waals surface area contributed by atoms with Crippen molar-refractivity contribution >= 4 is 46.9 Å². The number of alkyl carbamates (subject to hydrolysis) is 1. The molecule has 230 valence electrons. The van der Waals surface area contributed by atoms with Crippen molar-refractivity contribution in [3.63, 3.8) is 0 Å². The van der Waals surface area contributed by atoms with E-state index in [9.17, 15) is 28.8 Å². The summed E-state index contributed by atoms with van der Waals surface area (Å²) in [5.74, 6) is -2.48. The molecule has 0 aromatic heterocycles. The molecule has 1 atom stereocenters. The average molecular weight is 595 g/mol. The van der Waals surface area contributed by atoms with Gasteiger partial charge in [-0.2, -0.15) is 0 Å². The van der Waals surface area contributed by atoms with Crippen molar-refractivity contribution < 1.29 is 33.5 Å². The highest BCUT2D eigenvalue weighted by atomic mass is 16.6. The normalized spacial score (nSPS) is 13.1. The second-order valence-corrected chi connectivity index (χ2v) is 11.0. The van der Waals surface area contributed by atoms with Crippen LogP contribution in [0.15, 0.2) is 42.5 Å². The van der Waals surface area contributed by atoms with E-state index in [1.165, 1.54) is 0 Å². The first-order valence-corrected chi connectivity index (χ1v) is 13.9. The highest BCUT2D eigenvalue weighted by molar-refractivity contribution is 6.06. The van der Waals surface area contributed by atoms with Crippen molar-refractivity contribution in [3.05, 3.63) is 59.2 Å². The fourth-order valence-electron chi connectivity index (χ4n) is 4.42. The number of nitrogens with two attached hydrogens (primary N) is 1. The van der Waals surface area contributed by atoms with E-state index in [1.807, 2.05) is 6.07 Å². The smallest absolute Gasteiger partial charge is 0.408 e. The minimum Gasteiger partial charge on any atom is -0.444 e. The SMILES string of the molecule is CC(C)(C)OC(=O)NCC(=O)NCC(=O)N[C@@H](Cc1ccccc1)C(=O)NCC(=O)Nc1ccc(N)c2c1CCCC2=O. The number of nitrogens with one attached hydrogen (secondary N) is 5. The highest BCUT2D eigenvalue weighted by Gasteiger charge is 2.25. The maximum atomic E-state index is 13.1. The average Bonchev–Trinajstić information content (AvgIpc) is 2.94. The molecule has 0 heterocycles. The van der Waals surface area contributed by atoms with Crippen LogP contribution in [0.2, 0.25) is 0 Å². The van der Waals surface area contributed by atoms with Gasteiger partial charge >= 0.3 is 6.09 Å². The quantitative estimate of drug-likeness (QED) is 0.209. The van der Waals surface area contributed by atoms with Crippen LogP contribution in [0.5, 0.6) is 0 Å². The fraction of sp³-hybridized carbons (Fsp3) is 0.400. The molecule has 5 amide bonds. The van der Waals surface area contributed by atoms with E-state index in [0.717, 1.165) is 5.56 Å². The molecule has 43 heavy (non-hydrogen) atoms. The van der Waals surface area contributed by atoms with Gasteiger partial charge in [0.25, 0.3) is 0 Å². The number of Topliss-reactive ketones (excluding diaryl/α,β-unsaturated/α-hetero) is 1. The molecule has 2 aromatic rings. The van der Waals surface area contributed by atoms with Crippen molar-refractivity contribution in [2.75, 3.05) is 30.7 Å². The lowest BCUT2D eigenvalue weighted by molar-refractivity contribution is -0.130. The second kappa shape index (κ2) is 14.8. The van der Waals surface area contributed by atoms with Crippen LogP contribution in [0.1, 0.15) is 55.1 Å². The van der Waals surface area contributed by atoms with Crippen LogP contribution in [0, 0.1) is 0 Å². The van der Waals surface area contributed by atoms with Gasteiger partial charge in [-0.3, -0.25) is 24.0 Å². The minimum atomic E-state index is -1.05. The summed E-state index contributed by atoms with van der Waals surface area (Å²) in [5.41, 5.74) is 7.93. The summed E-state index contributed by atoms with van der Waals surface area (Å²) < 4.78 is 5.05. The van der Waals surface area contributed by atoms with E-state index < -0.39 is 54.5 Å². The van der Waals surface area contributed by atoms with E-state index in [4.69, 9.17) is 10.5 Å². The Kier molecular flexibility index (Phi) is 11.2. The monoisotopic (exact) mass is 594 g/mol. The lowest BCUT2D eigenvalue weighted by atomic mass is 9.88. The Morgan fingerprint density at radius 3 is 2.23 bits per heavy atom. The van der Waals surface area contributed by atoms with E-state index in [-0.39, 0.29) is 18.7 Å². The largest absolute Gasteiger partial charge is 0.444 e. The van der Waals surface area contributed by atoms with Crippen molar-refractivity contribution in [2.24, 2.45) is 0 Å². The fourth-order valence-corrected chi connectivity index (χ4v) is 4.42. The molecule has 0 fully saturated rings. The van der Waals surface area contributed by atoms with Crippen LogP contribution in [-0.4, -0.2) is 66.8 Å². The number of amides is 5. The van der Waals surface area contributed by atoms with Gasteiger partial charge in [-0.15, -0.1) is 0 Å². The predicted octanol–water partition coefficient (Wildman–Crippen LogP) is 1.21. The third-order valence-corrected chi connectivity index (χ3v) is 6.32. The predicted molar refractivity (Wildman–Crippen MR) is 159 cm³/mol. The van der Waals surface area contributed by atoms with Gasteiger partial charge in [-0.1, -0.05) is 30.3 Å². The summed E-state index contributed by atoms with van der Waals surface area (Å²) >= 11 is 0. The zero-order valence-corrected chi connectivity index (χ0v) is 24.5. The number of nitrogen functional groups attached to an aromatic ring is 1. The van der Waals surface area contributed by atoms with Gasteiger partial charge in [0.05, 0.1) is 13.1 Å². The summed E-state index contributed by atoms with van der Waals surface area (Å²) in [6, 6.07) is 11.1. The first kappa shape index (κ1) is 32.6. The molecule has 0 saturated heterocycles. The molecule has 7 N–H and O–H groups in total. The summed E-state index contributed by atoms with van der Waals surface area (Å²) in [5, 5.41) is 12.5. The Bertz CT molecular complexity index is 1370. The maximum Gasteiger partial charge on any atom is 0.408 e. The van der Waals surface area contributed by atoms with Crippen LogP contribution in [-0.2, 0) is 36.8 Å². The second-order valence-electron chi connectivity index (χ2n) is 11.0. The molecule has 0 aliphatic heterocycles. The van der Waals surface area contributed by atoms with E-state index in [1.54, 1.807) is 57.2 Å². The number of hydrogen-bond donors (Lipinski definition) is 6. The number of ketones is 1. The Morgan fingerprint density at radius 2 is 1.53 bits per heavy atom. The molecular weight excluding hydrogens is 556 g/mol. The number of benzene rings is 2. The third kappa shape index (κ3) is 10.4. The number of anilines is 2. The molecule has 0 bridgehead atoms. The van der Waals surface area contributed by atoms with Crippen molar-refractivity contribution in [1.29, 1.82) is 0 Å². The Morgan fingerprint density at radius 1 is 0.860 bits per heavy atom. The first-order valence-electron chi connectivity index (χ1n) is 13.9. The van der Waals surface area contributed by atoms with Crippen LogP contribution in [0.4, 0.5) is 16.2 Å². The van der Waals surface area contributed by atoms with E-state index in [0.29, 0.717) is 41.8 Å². The highest BCUT2D eigenvalue weighted by Crippen LogP contribution is 2.32. The molecule has 1 aliphatic carbocycles. The number of hydrogen-bond acceptors (Lipinski definition) is 8. The summed E-state index contributed by atoms with van der Waals surface area (Å²) in [6.45, 7) is 3.80. The zero-order chi connectivity index (χ0) is 31.6. The van der Waals surface area contributed by atoms with Crippen molar-refractivity contribution in [1.82, 2.24) is 21.3 Å². The summed E-state index contributed by atoms with van der Waals surface area (Å²) in [4.78, 5) is 74.5. The molecule has 2 aromatic carbocycles. The molecule has 0 spiro atoms. The van der Waals surface area contributed by atoms with Crippen LogP contribution in [0.3, 0.4) is 0 Å².